The first-order chi connectivity index (χ1) is 17.6. The van der Waals surface area contributed by atoms with E-state index in [1.54, 1.807) is 44.6 Å². The van der Waals surface area contributed by atoms with E-state index in [1.165, 1.54) is 0 Å². The van der Waals surface area contributed by atoms with E-state index in [2.05, 4.69) is 10.6 Å². The van der Waals surface area contributed by atoms with Crippen LogP contribution in [0.2, 0.25) is 0 Å². The average molecular weight is 485 g/mol. The lowest BCUT2D eigenvalue weighted by Gasteiger charge is -2.13. The van der Waals surface area contributed by atoms with E-state index in [-0.39, 0.29) is 12.5 Å². The molecule has 0 saturated carbocycles. The number of para-hydroxylation sites is 1. The summed E-state index contributed by atoms with van der Waals surface area (Å²) in [5, 5.41) is 6.17. The molecular formula is C29H28N2O5. The highest BCUT2D eigenvalue weighted by molar-refractivity contribution is 5.91. The Labute approximate surface area is 210 Å². The SMILES string of the molecule is COc1ccc(NC(=O)COc2ccc(CNc3ccc(Oc4ccccc4)cc3)cc2OC)cc1. The Morgan fingerprint density at radius 1 is 0.694 bits per heavy atom. The fourth-order valence-electron chi connectivity index (χ4n) is 3.43. The van der Waals surface area contributed by atoms with Crippen molar-refractivity contribution in [3.8, 4) is 28.7 Å². The molecule has 184 valence electrons. The van der Waals surface area contributed by atoms with E-state index in [0.29, 0.717) is 23.7 Å². The third kappa shape index (κ3) is 6.93. The van der Waals surface area contributed by atoms with Crippen molar-refractivity contribution < 1.29 is 23.7 Å². The molecule has 0 saturated heterocycles. The first-order valence-electron chi connectivity index (χ1n) is 11.4. The smallest absolute Gasteiger partial charge is 0.262 e. The van der Waals surface area contributed by atoms with Crippen LogP contribution in [-0.4, -0.2) is 26.7 Å². The van der Waals surface area contributed by atoms with Crippen molar-refractivity contribution in [1.29, 1.82) is 0 Å². The third-order valence-electron chi connectivity index (χ3n) is 5.29. The number of carbonyl (C=O) groups is 1. The van der Waals surface area contributed by atoms with Gasteiger partial charge in [0, 0.05) is 17.9 Å². The predicted molar refractivity (Wildman–Crippen MR) is 140 cm³/mol. The normalized spacial score (nSPS) is 10.3. The molecule has 4 rings (SSSR count). The summed E-state index contributed by atoms with van der Waals surface area (Å²) in [6.07, 6.45) is 0. The molecule has 0 aliphatic rings. The maximum absolute atomic E-state index is 12.3. The molecule has 7 heteroatoms. The molecule has 4 aromatic carbocycles. The Morgan fingerprint density at radius 2 is 1.36 bits per heavy atom. The van der Waals surface area contributed by atoms with E-state index in [4.69, 9.17) is 18.9 Å². The average Bonchev–Trinajstić information content (AvgIpc) is 2.92. The second-order valence-electron chi connectivity index (χ2n) is 7.84. The minimum absolute atomic E-state index is 0.141. The van der Waals surface area contributed by atoms with Crippen LogP contribution in [0.15, 0.2) is 97.1 Å². The number of nitrogens with one attached hydrogen (secondary N) is 2. The maximum Gasteiger partial charge on any atom is 0.262 e. The number of carbonyl (C=O) groups excluding carboxylic acids is 1. The molecule has 36 heavy (non-hydrogen) atoms. The summed E-state index contributed by atoms with van der Waals surface area (Å²) in [5.74, 6) is 3.06. The summed E-state index contributed by atoms with van der Waals surface area (Å²) >= 11 is 0. The summed E-state index contributed by atoms with van der Waals surface area (Å²) in [5.41, 5.74) is 2.63. The first kappa shape index (κ1) is 24.5. The Bertz CT molecular complexity index is 1260. The molecule has 7 nitrogen and oxygen atoms in total. The van der Waals surface area contributed by atoms with Gasteiger partial charge < -0.3 is 29.6 Å². The Hall–Kier alpha value is -4.65. The molecule has 0 aliphatic heterocycles. The highest BCUT2D eigenvalue weighted by Crippen LogP contribution is 2.29. The Balaban J connectivity index is 1.28. The first-order valence-corrected chi connectivity index (χ1v) is 11.4. The van der Waals surface area contributed by atoms with E-state index >= 15 is 0 Å². The largest absolute Gasteiger partial charge is 0.497 e. The minimum atomic E-state index is -0.271. The fourth-order valence-corrected chi connectivity index (χ4v) is 3.43. The minimum Gasteiger partial charge on any atom is -0.497 e. The number of amides is 1. The molecule has 0 fully saturated rings. The maximum atomic E-state index is 12.3. The molecule has 0 unspecified atom stereocenters. The Kier molecular flexibility index (Phi) is 8.27. The fraction of sp³-hybridized carbons (Fsp3) is 0.138. The van der Waals surface area contributed by atoms with Gasteiger partial charge in [0.05, 0.1) is 14.2 Å². The standard InChI is InChI=1S/C29H28N2O5/c1-33-24-13-11-23(12-14-24)31-29(32)20-35-27-17-8-21(18-28(27)34-2)19-30-22-9-15-26(16-10-22)36-25-6-4-3-5-7-25/h3-18,30H,19-20H2,1-2H3,(H,31,32). The van der Waals surface area contributed by atoms with Crippen LogP contribution in [-0.2, 0) is 11.3 Å². The van der Waals surface area contributed by atoms with E-state index in [0.717, 1.165) is 28.5 Å². The van der Waals surface area contributed by atoms with Crippen LogP contribution in [0, 0.1) is 0 Å². The number of methoxy groups -OCH3 is 2. The van der Waals surface area contributed by atoms with E-state index < -0.39 is 0 Å². The number of hydrogen-bond acceptors (Lipinski definition) is 6. The van der Waals surface area contributed by atoms with Gasteiger partial charge in [-0.05, 0) is 78.4 Å². The van der Waals surface area contributed by atoms with Gasteiger partial charge in [-0.15, -0.1) is 0 Å². The van der Waals surface area contributed by atoms with Crippen molar-refractivity contribution in [1.82, 2.24) is 0 Å². The van der Waals surface area contributed by atoms with Gasteiger partial charge in [0.15, 0.2) is 18.1 Å². The van der Waals surface area contributed by atoms with Gasteiger partial charge in [-0.3, -0.25) is 4.79 Å². The van der Waals surface area contributed by atoms with Crippen LogP contribution in [0.3, 0.4) is 0 Å². The van der Waals surface area contributed by atoms with Crippen LogP contribution in [0.1, 0.15) is 5.56 Å². The van der Waals surface area contributed by atoms with Crippen molar-refractivity contribution in [3.63, 3.8) is 0 Å². The molecule has 0 bridgehead atoms. The topological polar surface area (TPSA) is 78.1 Å². The third-order valence-corrected chi connectivity index (χ3v) is 5.29. The van der Waals surface area contributed by atoms with E-state index in [1.807, 2.05) is 66.7 Å². The number of benzene rings is 4. The zero-order valence-electron chi connectivity index (χ0n) is 20.2. The summed E-state index contributed by atoms with van der Waals surface area (Å²) in [6, 6.07) is 30.1. The van der Waals surface area contributed by atoms with Crippen LogP contribution in [0.4, 0.5) is 11.4 Å². The number of ether oxygens (including phenoxy) is 4. The Morgan fingerprint density at radius 3 is 2.06 bits per heavy atom. The molecule has 1 amide bonds. The highest BCUT2D eigenvalue weighted by Gasteiger charge is 2.10. The molecule has 0 heterocycles. The molecule has 0 radical (unpaired) electrons. The molecule has 0 aliphatic carbocycles. The van der Waals surface area contributed by atoms with Gasteiger partial charge in [0.2, 0.25) is 0 Å². The molecular weight excluding hydrogens is 456 g/mol. The van der Waals surface area contributed by atoms with Crippen molar-refractivity contribution in [2.24, 2.45) is 0 Å². The van der Waals surface area contributed by atoms with Crippen LogP contribution in [0.5, 0.6) is 28.7 Å². The lowest BCUT2D eigenvalue weighted by molar-refractivity contribution is -0.118. The van der Waals surface area contributed by atoms with Gasteiger partial charge in [0.25, 0.3) is 5.91 Å². The zero-order valence-corrected chi connectivity index (χ0v) is 20.2. The summed E-state index contributed by atoms with van der Waals surface area (Å²) in [4.78, 5) is 12.3. The molecule has 0 spiro atoms. The quantitative estimate of drug-likeness (QED) is 0.267. The predicted octanol–water partition coefficient (Wildman–Crippen LogP) is 6.13. The second kappa shape index (κ2) is 12.2. The monoisotopic (exact) mass is 484 g/mol. The van der Waals surface area contributed by atoms with Crippen LogP contribution < -0.4 is 29.6 Å². The second-order valence-corrected chi connectivity index (χ2v) is 7.84. The number of hydrogen-bond donors (Lipinski definition) is 2. The van der Waals surface area contributed by atoms with Crippen molar-refractivity contribution in [2.45, 2.75) is 6.54 Å². The molecule has 0 atom stereocenters. The van der Waals surface area contributed by atoms with Gasteiger partial charge in [-0.2, -0.15) is 0 Å². The highest BCUT2D eigenvalue weighted by atomic mass is 16.5. The zero-order chi connectivity index (χ0) is 25.2. The van der Waals surface area contributed by atoms with Gasteiger partial charge >= 0.3 is 0 Å². The van der Waals surface area contributed by atoms with Gasteiger partial charge in [0.1, 0.15) is 17.2 Å². The van der Waals surface area contributed by atoms with Crippen LogP contribution >= 0.6 is 0 Å². The van der Waals surface area contributed by atoms with Crippen molar-refractivity contribution in [2.75, 3.05) is 31.5 Å². The number of rotatable bonds is 11. The molecule has 0 aromatic heterocycles. The molecule has 2 N–H and O–H groups in total. The van der Waals surface area contributed by atoms with Crippen molar-refractivity contribution >= 4 is 17.3 Å². The molecule has 4 aromatic rings. The summed E-state index contributed by atoms with van der Waals surface area (Å²) in [7, 11) is 3.16. The lowest BCUT2D eigenvalue weighted by atomic mass is 10.2. The lowest BCUT2D eigenvalue weighted by Crippen LogP contribution is -2.20. The van der Waals surface area contributed by atoms with E-state index in [9.17, 15) is 4.79 Å². The van der Waals surface area contributed by atoms with Crippen LogP contribution in [0.25, 0.3) is 0 Å². The summed E-state index contributed by atoms with van der Waals surface area (Å²) < 4.78 is 22.1. The van der Waals surface area contributed by atoms with Crippen molar-refractivity contribution in [3.05, 3.63) is 103 Å². The number of anilines is 2. The van der Waals surface area contributed by atoms with Gasteiger partial charge in [-0.1, -0.05) is 24.3 Å². The summed E-state index contributed by atoms with van der Waals surface area (Å²) in [6.45, 7) is 0.449. The van der Waals surface area contributed by atoms with Gasteiger partial charge in [-0.25, -0.2) is 0 Å².